The first-order valence-electron chi connectivity index (χ1n) is 4.45. The molecule has 0 aliphatic carbocycles. The minimum Gasteiger partial charge on any atom is -0.315 e. The maximum atomic E-state index is 3.65. The molecular weight excluding hydrogens is 156 g/mol. The van der Waals surface area contributed by atoms with Crippen LogP contribution in [0.3, 0.4) is 0 Å². The van der Waals surface area contributed by atoms with E-state index < -0.39 is 0 Å². The van der Waals surface area contributed by atoms with Gasteiger partial charge in [-0.05, 0) is 25.9 Å². The molecule has 2 nitrogen and oxygen atoms in total. The average Bonchev–Trinajstić information content (AvgIpc) is 1.82. The molecular formula is C8H16N2S. The lowest BCUT2D eigenvalue weighted by molar-refractivity contribution is 0.337. The molecule has 0 bridgehead atoms. The summed E-state index contributed by atoms with van der Waals surface area (Å²) in [4.78, 5) is 0. The predicted molar refractivity (Wildman–Crippen MR) is 50.2 cm³/mol. The third-order valence-electron chi connectivity index (χ3n) is 2.50. The molecule has 1 spiro atoms. The van der Waals surface area contributed by atoms with Gasteiger partial charge in [0, 0.05) is 23.6 Å². The Bertz CT molecular complexity index is 124. The summed E-state index contributed by atoms with van der Waals surface area (Å²) in [5, 5.41) is 7.16. The smallest absolute Gasteiger partial charge is 0.0489 e. The fourth-order valence-corrected chi connectivity index (χ4v) is 2.78. The molecule has 11 heavy (non-hydrogen) atoms. The molecule has 2 aliphatic heterocycles. The van der Waals surface area contributed by atoms with E-state index in [0.29, 0.717) is 5.54 Å². The lowest BCUT2D eigenvalue weighted by Crippen LogP contribution is -2.62. The van der Waals surface area contributed by atoms with Crippen molar-refractivity contribution in [3.05, 3.63) is 0 Å². The van der Waals surface area contributed by atoms with E-state index in [9.17, 15) is 0 Å². The normalized spacial score (nSPS) is 30.5. The van der Waals surface area contributed by atoms with E-state index in [1.165, 1.54) is 44.0 Å². The third-order valence-corrected chi connectivity index (χ3v) is 4.01. The second-order valence-corrected chi connectivity index (χ2v) is 4.57. The molecule has 2 saturated heterocycles. The van der Waals surface area contributed by atoms with E-state index in [0.717, 1.165) is 0 Å². The van der Waals surface area contributed by atoms with Gasteiger partial charge in [0.1, 0.15) is 0 Å². The Morgan fingerprint density at radius 3 is 2.64 bits per heavy atom. The molecule has 0 amide bonds. The van der Waals surface area contributed by atoms with Crippen LogP contribution in [0.25, 0.3) is 0 Å². The summed E-state index contributed by atoms with van der Waals surface area (Å²) in [6.07, 6.45) is 2.66. The van der Waals surface area contributed by atoms with Gasteiger partial charge in [0.25, 0.3) is 0 Å². The van der Waals surface area contributed by atoms with Crippen molar-refractivity contribution < 1.29 is 0 Å². The van der Waals surface area contributed by atoms with Gasteiger partial charge >= 0.3 is 0 Å². The fourth-order valence-electron chi connectivity index (χ4n) is 1.67. The molecule has 2 rings (SSSR count). The van der Waals surface area contributed by atoms with Crippen LogP contribution in [0.5, 0.6) is 0 Å². The van der Waals surface area contributed by atoms with E-state index in [-0.39, 0.29) is 0 Å². The van der Waals surface area contributed by atoms with Crippen molar-refractivity contribution in [3.63, 3.8) is 0 Å². The van der Waals surface area contributed by atoms with E-state index >= 15 is 0 Å². The van der Waals surface area contributed by atoms with Crippen molar-refractivity contribution in [1.82, 2.24) is 10.6 Å². The van der Waals surface area contributed by atoms with E-state index in [2.05, 4.69) is 22.4 Å². The Morgan fingerprint density at radius 1 is 1.09 bits per heavy atom. The fraction of sp³-hybridized carbons (Fsp3) is 1.00. The second kappa shape index (κ2) is 3.33. The van der Waals surface area contributed by atoms with Gasteiger partial charge in [-0.1, -0.05) is 0 Å². The van der Waals surface area contributed by atoms with Gasteiger partial charge in [0.05, 0.1) is 0 Å². The molecule has 2 heterocycles. The molecule has 0 radical (unpaired) electrons. The Labute approximate surface area is 72.5 Å². The van der Waals surface area contributed by atoms with Crippen LogP contribution < -0.4 is 10.6 Å². The van der Waals surface area contributed by atoms with Crippen molar-refractivity contribution in [1.29, 1.82) is 0 Å². The number of hydrogen-bond donors (Lipinski definition) is 2. The monoisotopic (exact) mass is 172 g/mol. The third kappa shape index (κ3) is 1.71. The average molecular weight is 172 g/mol. The van der Waals surface area contributed by atoms with Crippen LogP contribution in [-0.2, 0) is 0 Å². The lowest BCUT2D eigenvalue weighted by Gasteiger charge is -2.43. The Morgan fingerprint density at radius 2 is 1.91 bits per heavy atom. The van der Waals surface area contributed by atoms with Gasteiger partial charge in [-0.2, -0.15) is 11.8 Å². The Balaban J connectivity index is 1.86. The molecule has 0 aromatic heterocycles. The van der Waals surface area contributed by atoms with Gasteiger partial charge in [-0.15, -0.1) is 0 Å². The van der Waals surface area contributed by atoms with Crippen LogP contribution >= 0.6 is 11.8 Å². The molecule has 2 aliphatic rings. The van der Waals surface area contributed by atoms with Gasteiger partial charge in [0.2, 0.25) is 0 Å². The van der Waals surface area contributed by atoms with Crippen LogP contribution in [0.1, 0.15) is 12.8 Å². The second-order valence-electron chi connectivity index (χ2n) is 3.58. The quantitative estimate of drug-likeness (QED) is 0.554. The summed E-state index contributed by atoms with van der Waals surface area (Å²) in [7, 11) is 0. The summed E-state index contributed by atoms with van der Waals surface area (Å²) in [5.74, 6) is 2.61. The van der Waals surface area contributed by atoms with Crippen molar-refractivity contribution in [2.75, 3.05) is 31.1 Å². The zero-order valence-electron chi connectivity index (χ0n) is 6.86. The number of hydrogen-bond acceptors (Lipinski definition) is 3. The SMILES string of the molecule is C1CCNC2(CNC1)CSC2. The topological polar surface area (TPSA) is 24.1 Å². The van der Waals surface area contributed by atoms with Crippen LogP contribution in [0, 0.1) is 0 Å². The molecule has 0 unspecified atom stereocenters. The van der Waals surface area contributed by atoms with Crippen LogP contribution in [-0.4, -0.2) is 36.7 Å². The first kappa shape index (κ1) is 7.90. The Hall–Kier alpha value is 0.270. The van der Waals surface area contributed by atoms with Crippen molar-refractivity contribution in [3.8, 4) is 0 Å². The number of thioether (sulfide) groups is 1. The van der Waals surface area contributed by atoms with Crippen molar-refractivity contribution >= 4 is 11.8 Å². The first-order valence-corrected chi connectivity index (χ1v) is 5.60. The molecule has 0 aromatic rings. The molecule has 0 saturated carbocycles. The van der Waals surface area contributed by atoms with Crippen molar-refractivity contribution in [2.45, 2.75) is 18.4 Å². The van der Waals surface area contributed by atoms with Crippen LogP contribution in [0.4, 0.5) is 0 Å². The van der Waals surface area contributed by atoms with Gasteiger partial charge < -0.3 is 10.6 Å². The van der Waals surface area contributed by atoms with Gasteiger partial charge in [-0.25, -0.2) is 0 Å². The lowest BCUT2D eigenvalue weighted by atomic mass is 10.0. The Kier molecular flexibility index (Phi) is 2.39. The van der Waals surface area contributed by atoms with Gasteiger partial charge in [-0.3, -0.25) is 0 Å². The van der Waals surface area contributed by atoms with Crippen LogP contribution in [0.2, 0.25) is 0 Å². The van der Waals surface area contributed by atoms with Crippen molar-refractivity contribution in [2.24, 2.45) is 0 Å². The zero-order chi connectivity index (χ0) is 7.57. The van der Waals surface area contributed by atoms with E-state index in [4.69, 9.17) is 0 Å². The van der Waals surface area contributed by atoms with Crippen LogP contribution in [0.15, 0.2) is 0 Å². The molecule has 3 heteroatoms. The molecule has 0 aromatic carbocycles. The molecule has 0 atom stereocenters. The first-order chi connectivity index (χ1) is 5.41. The highest BCUT2D eigenvalue weighted by Gasteiger charge is 2.36. The summed E-state index contributed by atoms with van der Waals surface area (Å²) in [6.45, 7) is 3.62. The maximum absolute atomic E-state index is 3.65. The molecule has 2 N–H and O–H groups in total. The van der Waals surface area contributed by atoms with E-state index in [1.807, 2.05) is 0 Å². The summed E-state index contributed by atoms with van der Waals surface area (Å²) in [5.41, 5.74) is 0.477. The zero-order valence-corrected chi connectivity index (χ0v) is 7.67. The maximum Gasteiger partial charge on any atom is 0.0489 e. The predicted octanol–water partition coefficient (Wildman–Crippen LogP) is 0.445. The molecule has 64 valence electrons. The highest BCUT2D eigenvalue weighted by molar-refractivity contribution is 8.00. The standard InChI is InChI=1S/C8H16N2S/c1-2-4-10-8(5-9-3-1)6-11-7-8/h9-10H,1-7H2. The highest BCUT2D eigenvalue weighted by atomic mass is 32.2. The summed E-state index contributed by atoms with van der Waals surface area (Å²) >= 11 is 2.06. The largest absolute Gasteiger partial charge is 0.315 e. The van der Waals surface area contributed by atoms with E-state index in [1.54, 1.807) is 0 Å². The summed E-state index contributed by atoms with van der Waals surface area (Å²) in [6, 6.07) is 0. The minimum absolute atomic E-state index is 0.477. The van der Waals surface area contributed by atoms with Gasteiger partial charge in [0.15, 0.2) is 0 Å². The number of rotatable bonds is 0. The number of nitrogens with one attached hydrogen (secondary N) is 2. The molecule has 2 fully saturated rings. The minimum atomic E-state index is 0.477. The summed E-state index contributed by atoms with van der Waals surface area (Å²) < 4.78 is 0. The highest BCUT2D eigenvalue weighted by Crippen LogP contribution is 2.29.